The molecule has 36 heavy (non-hydrogen) atoms. The van der Waals surface area contributed by atoms with Gasteiger partial charge in [-0.2, -0.15) is 0 Å². The van der Waals surface area contributed by atoms with Crippen LogP contribution in [0.15, 0.2) is 12.2 Å². The Balaban J connectivity index is 3.06. The van der Waals surface area contributed by atoms with Gasteiger partial charge in [0.2, 0.25) is 0 Å². The van der Waals surface area contributed by atoms with Gasteiger partial charge < -0.3 is 5.11 Å². The van der Waals surface area contributed by atoms with Crippen molar-refractivity contribution in [3.63, 3.8) is 0 Å². The summed E-state index contributed by atoms with van der Waals surface area (Å²) in [6, 6.07) is 0. The third-order valence-corrected chi connectivity index (χ3v) is 7.65. The Labute approximate surface area is 227 Å². The molecule has 2 heteroatoms. The Morgan fingerprint density at radius 3 is 0.944 bits per heavy atom. The van der Waals surface area contributed by atoms with Crippen LogP contribution < -0.4 is 0 Å². The molecule has 0 aromatic rings. The Kier molecular flexibility index (Phi) is 31.5. The molecule has 0 unspecified atom stereocenters. The van der Waals surface area contributed by atoms with Crippen molar-refractivity contribution in [2.45, 2.75) is 200 Å². The van der Waals surface area contributed by atoms with Gasteiger partial charge in [-0.1, -0.05) is 173 Å². The van der Waals surface area contributed by atoms with Crippen LogP contribution in [0.5, 0.6) is 0 Å². The molecule has 0 saturated carbocycles. The van der Waals surface area contributed by atoms with E-state index >= 15 is 0 Å². The lowest BCUT2D eigenvalue weighted by atomic mass is 10.0. The molecule has 0 saturated heterocycles. The molecule has 1 N–H and O–H groups in total. The molecule has 0 fully saturated rings. The SMILES string of the molecule is CCCCCCCC/C=C\CCCCCCCCCCCCCCCCCCCCCCCC(=O)O. The van der Waals surface area contributed by atoms with Crippen LogP contribution in [0.2, 0.25) is 0 Å². The highest BCUT2D eigenvalue weighted by Crippen LogP contribution is 2.15. The maximum atomic E-state index is 10.5. The van der Waals surface area contributed by atoms with Crippen molar-refractivity contribution in [2.24, 2.45) is 0 Å². The zero-order valence-electron chi connectivity index (χ0n) is 24.7. The summed E-state index contributed by atoms with van der Waals surface area (Å²) in [5.74, 6) is -0.649. The second kappa shape index (κ2) is 32.2. The molecule has 0 aliphatic carbocycles. The maximum Gasteiger partial charge on any atom is 0.303 e. The van der Waals surface area contributed by atoms with Gasteiger partial charge in [-0.3, -0.25) is 4.79 Å². The lowest BCUT2D eigenvalue weighted by Crippen LogP contribution is -1.93. The molecule has 0 amide bonds. The van der Waals surface area contributed by atoms with Gasteiger partial charge in [-0.15, -0.1) is 0 Å². The minimum absolute atomic E-state index is 0.345. The maximum absolute atomic E-state index is 10.5. The molecule has 0 aromatic carbocycles. The Bertz CT molecular complexity index is 442. The van der Waals surface area contributed by atoms with E-state index in [0.29, 0.717) is 6.42 Å². The Morgan fingerprint density at radius 2 is 0.667 bits per heavy atom. The van der Waals surface area contributed by atoms with E-state index in [1.807, 2.05) is 0 Å². The first-order chi connectivity index (χ1) is 17.8. The average molecular weight is 507 g/mol. The van der Waals surface area contributed by atoms with Gasteiger partial charge in [0, 0.05) is 6.42 Å². The second-order valence-electron chi connectivity index (χ2n) is 11.4. The van der Waals surface area contributed by atoms with Crippen molar-refractivity contribution in [2.75, 3.05) is 0 Å². The summed E-state index contributed by atoms with van der Waals surface area (Å²) in [5, 5.41) is 8.62. The molecule has 0 bridgehead atoms. The predicted molar refractivity (Wildman–Crippen MR) is 161 cm³/mol. The first-order valence-electron chi connectivity index (χ1n) is 16.6. The summed E-state index contributed by atoms with van der Waals surface area (Å²) in [6.07, 6.45) is 44.9. The van der Waals surface area contributed by atoms with E-state index < -0.39 is 5.97 Å². The van der Waals surface area contributed by atoms with Crippen LogP contribution in [0.1, 0.15) is 200 Å². The van der Waals surface area contributed by atoms with Crippen molar-refractivity contribution in [1.29, 1.82) is 0 Å². The van der Waals surface area contributed by atoms with Gasteiger partial charge in [0.1, 0.15) is 0 Å². The fraction of sp³-hybridized carbons (Fsp3) is 0.912. The highest BCUT2D eigenvalue weighted by molar-refractivity contribution is 5.66. The lowest BCUT2D eigenvalue weighted by molar-refractivity contribution is -0.137. The van der Waals surface area contributed by atoms with Crippen LogP contribution in [0, 0.1) is 0 Å². The monoisotopic (exact) mass is 507 g/mol. The molecular weight excluding hydrogens is 440 g/mol. The van der Waals surface area contributed by atoms with Crippen molar-refractivity contribution in [1.82, 2.24) is 0 Å². The first-order valence-corrected chi connectivity index (χ1v) is 16.6. The molecule has 0 aromatic heterocycles. The summed E-state index contributed by atoms with van der Waals surface area (Å²) in [6.45, 7) is 2.29. The summed E-state index contributed by atoms with van der Waals surface area (Å²) < 4.78 is 0. The molecule has 0 aliphatic rings. The third kappa shape index (κ3) is 33.2. The van der Waals surface area contributed by atoms with Gasteiger partial charge in [-0.25, -0.2) is 0 Å². The lowest BCUT2D eigenvalue weighted by Gasteiger charge is -2.04. The number of carbonyl (C=O) groups is 1. The molecular formula is C34H66O2. The number of hydrogen-bond acceptors (Lipinski definition) is 1. The van der Waals surface area contributed by atoms with E-state index in [1.165, 1.54) is 173 Å². The molecule has 0 atom stereocenters. The normalized spacial score (nSPS) is 11.6. The fourth-order valence-electron chi connectivity index (χ4n) is 5.18. The number of carboxylic acid groups (broad SMARTS) is 1. The number of allylic oxidation sites excluding steroid dienone is 2. The van der Waals surface area contributed by atoms with Gasteiger partial charge in [-0.05, 0) is 32.1 Å². The zero-order chi connectivity index (χ0) is 26.2. The van der Waals surface area contributed by atoms with Crippen LogP contribution in [-0.2, 0) is 4.79 Å². The molecule has 0 rings (SSSR count). The number of aliphatic carboxylic acids is 1. The topological polar surface area (TPSA) is 37.3 Å². The highest BCUT2D eigenvalue weighted by atomic mass is 16.4. The molecule has 214 valence electrons. The van der Waals surface area contributed by atoms with E-state index in [1.54, 1.807) is 0 Å². The van der Waals surface area contributed by atoms with Crippen LogP contribution in [-0.4, -0.2) is 11.1 Å². The van der Waals surface area contributed by atoms with Crippen LogP contribution in [0.25, 0.3) is 0 Å². The van der Waals surface area contributed by atoms with E-state index in [9.17, 15) is 4.79 Å². The molecule has 0 spiro atoms. The molecule has 0 heterocycles. The van der Waals surface area contributed by atoms with Gasteiger partial charge in [0.05, 0.1) is 0 Å². The number of rotatable bonds is 31. The van der Waals surface area contributed by atoms with E-state index in [-0.39, 0.29) is 0 Å². The van der Waals surface area contributed by atoms with E-state index in [4.69, 9.17) is 5.11 Å². The summed E-state index contributed by atoms with van der Waals surface area (Å²) in [5.41, 5.74) is 0. The summed E-state index contributed by atoms with van der Waals surface area (Å²) in [4.78, 5) is 10.5. The standard InChI is InChI=1S/C34H66O2/c1-2-3-4-5-6-7-8-9-10-11-12-13-14-15-16-17-18-19-20-21-22-23-24-25-26-27-28-29-30-31-32-33-34(35)36/h9-10H,2-8,11-33H2,1H3,(H,35,36)/b10-9-. The highest BCUT2D eigenvalue weighted by Gasteiger charge is 1.98. The third-order valence-electron chi connectivity index (χ3n) is 7.65. The quantitative estimate of drug-likeness (QED) is 0.0749. The predicted octanol–water partition coefficient (Wildman–Crippen LogP) is 12.4. The smallest absolute Gasteiger partial charge is 0.303 e. The molecule has 0 aliphatic heterocycles. The number of carboxylic acids is 1. The zero-order valence-corrected chi connectivity index (χ0v) is 24.7. The van der Waals surface area contributed by atoms with Crippen LogP contribution in [0.3, 0.4) is 0 Å². The summed E-state index contributed by atoms with van der Waals surface area (Å²) in [7, 11) is 0. The van der Waals surface area contributed by atoms with Crippen molar-refractivity contribution in [3.05, 3.63) is 12.2 Å². The Hall–Kier alpha value is -0.790. The number of hydrogen-bond donors (Lipinski definition) is 1. The fourth-order valence-corrected chi connectivity index (χ4v) is 5.18. The minimum Gasteiger partial charge on any atom is -0.481 e. The van der Waals surface area contributed by atoms with Gasteiger partial charge in [0.15, 0.2) is 0 Å². The molecule has 2 nitrogen and oxygen atoms in total. The van der Waals surface area contributed by atoms with Crippen LogP contribution >= 0.6 is 0 Å². The van der Waals surface area contributed by atoms with Crippen molar-refractivity contribution in [3.8, 4) is 0 Å². The van der Waals surface area contributed by atoms with Crippen molar-refractivity contribution >= 4 is 5.97 Å². The van der Waals surface area contributed by atoms with Crippen LogP contribution in [0.4, 0.5) is 0 Å². The first kappa shape index (κ1) is 35.2. The average Bonchev–Trinajstić information content (AvgIpc) is 2.87. The van der Waals surface area contributed by atoms with Crippen molar-refractivity contribution < 1.29 is 9.90 Å². The van der Waals surface area contributed by atoms with E-state index in [0.717, 1.165) is 12.8 Å². The second-order valence-corrected chi connectivity index (χ2v) is 11.4. The van der Waals surface area contributed by atoms with Gasteiger partial charge >= 0.3 is 5.97 Å². The summed E-state index contributed by atoms with van der Waals surface area (Å²) >= 11 is 0. The van der Waals surface area contributed by atoms with E-state index in [2.05, 4.69) is 19.1 Å². The number of unbranched alkanes of at least 4 members (excludes halogenated alkanes) is 27. The minimum atomic E-state index is -0.649. The molecule has 0 radical (unpaired) electrons. The largest absolute Gasteiger partial charge is 0.481 e. The Morgan fingerprint density at radius 1 is 0.417 bits per heavy atom. The van der Waals surface area contributed by atoms with Gasteiger partial charge in [0.25, 0.3) is 0 Å².